The van der Waals surface area contributed by atoms with Crippen LogP contribution in [0.4, 0.5) is 0 Å². The largest absolute Gasteiger partial charge is 0.0654 e. The maximum Gasteiger partial charge on any atom is -0.0149 e. The molecule has 0 heteroatoms. The standard InChI is InChI=1S/C16H20/c1-3-4-5-9-14-10-7-11-15-13(2)8-6-12-16(14)15/h6-8,10-12H,3-5,9H2,1-2H3. The SMILES string of the molecule is CCCCCc1cccc2c(C)cccc12. The Morgan fingerprint density at radius 3 is 2.44 bits per heavy atom. The topological polar surface area (TPSA) is 0 Å². The molecular formula is C16H20. The number of hydrogen-bond acceptors (Lipinski definition) is 0. The van der Waals surface area contributed by atoms with Gasteiger partial charge in [-0.15, -0.1) is 0 Å². The molecule has 0 radical (unpaired) electrons. The summed E-state index contributed by atoms with van der Waals surface area (Å²) in [5, 5.41) is 2.86. The molecule has 0 saturated heterocycles. The van der Waals surface area contributed by atoms with Gasteiger partial charge in [-0.2, -0.15) is 0 Å². The van der Waals surface area contributed by atoms with E-state index in [1.807, 2.05) is 0 Å². The lowest BCUT2D eigenvalue weighted by atomic mass is 9.97. The summed E-state index contributed by atoms with van der Waals surface area (Å²) in [6.45, 7) is 4.45. The Morgan fingerprint density at radius 2 is 1.62 bits per heavy atom. The molecule has 0 heterocycles. The molecule has 0 bridgehead atoms. The van der Waals surface area contributed by atoms with Crippen molar-refractivity contribution in [3.05, 3.63) is 47.5 Å². The number of fused-ring (bicyclic) bond motifs is 1. The summed E-state index contributed by atoms with van der Waals surface area (Å²) in [5.41, 5.74) is 2.89. The molecule has 0 unspecified atom stereocenters. The molecule has 0 aliphatic carbocycles. The molecule has 0 aliphatic heterocycles. The van der Waals surface area contributed by atoms with Crippen LogP contribution in [0.25, 0.3) is 10.8 Å². The van der Waals surface area contributed by atoms with Gasteiger partial charge in [0.25, 0.3) is 0 Å². The highest BCUT2D eigenvalue weighted by atomic mass is 14.1. The van der Waals surface area contributed by atoms with Gasteiger partial charge in [-0.05, 0) is 41.7 Å². The average Bonchev–Trinajstić information content (AvgIpc) is 2.31. The molecule has 84 valence electrons. The van der Waals surface area contributed by atoms with Crippen LogP contribution in [0.1, 0.15) is 37.3 Å². The second-order valence-electron chi connectivity index (χ2n) is 4.54. The Labute approximate surface area is 98.3 Å². The third-order valence-corrected chi connectivity index (χ3v) is 3.28. The molecule has 2 rings (SSSR count). The van der Waals surface area contributed by atoms with E-state index >= 15 is 0 Å². The van der Waals surface area contributed by atoms with Crippen LogP contribution in [0.15, 0.2) is 36.4 Å². The smallest absolute Gasteiger partial charge is 0.0149 e. The first kappa shape index (κ1) is 11.2. The quantitative estimate of drug-likeness (QED) is 0.633. The third-order valence-electron chi connectivity index (χ3n) is 3.28. The van der Waals surface area contributed by atoms with Crippen LogP contribution in [0, 0.1) is 6.92 Å². The molecule has 0 atom stereocenters. The Balaban J connectivity index is 2.34. The number of benzene rings is 2. The van der Waals surface area contributed by atoms with Crippen LogP contribution in [0.5, 0.6) is 0 Å². The van der Waals surface area contributed by atoms with Crippen LogP contribution < -0.4 is 0 Å². The number of unbranched alkanes of at least 4 members (excludes halogenated alkanes) is 2. The molecule has 0 spiro atoms. The lowest BCUT2D eigenvalue weighted by molar-refractivity contribution is 0.719. The first-order valence-corrected chi connectivity index (χ1v) is 6.30. The zero-order chi connectivity index (χ0) is 11.4. The van der Waals surface area contributed by atoms with Crippen LogP contribution in [-0.4, -0.2) is 0 Å². The van der Waals surface area contributed by atoms with Crippen LogP contribution in [0.3, 0.4) is 0 Å². The molecule has 0 saturated carbocycles. The summed E-state index contributed by atoms with van der Waals surface area (Å²) in [7, 11) is 0. The Kier molecular flexibility index (Phi) is 3.61. The maximum atomic E-state index is 2.28. The van der Waals surface area contributed by atoms with Gasteiger partial charge in [0.1, 0.15) is 0 Å². The van der Waals surface area contributed by atoms with Crippen molar-refractivity contribution in [1.29, 1.82) is 0 Å². The first-order chi connectivity index (χ1) is 7.83. The van der Waals surface area contributed by atoms with Gasteiger partial charge in [0.05, 0.1) is 0 Å². The van der Waals surface area contributed by atoms with Crippen molar-refractivity contribution >= 4 is 10.8 Å². The van der Waals surface area contributed by atoms with Crippen LogP contribution in [0.2, 0.25) is 0 Å². The van der Waals surface area contributed by atoms with E-state index < -0.39 is 0 Å². The monoisotopic (exact) mass is 212 g/mol. The van der Waals surface area contributed by atoms with E-state index in [-0.39, 0.29) is 0 Å². The fraction of sp³-hybridized carbons (Fsp3) is 0.375. The minimum Gasteiger partial charge on any atom is -0.0654 e. The predicted molar refractivity (Wildman–Crippen MR) is 71.9 cm³/mol. The molecule has 0 nitrogen and oxygen atoms in total. The van der Waals surface area contributed by atoms with Gasteiger partial charge < -0.3 is 0 Å². The second-order valence-corrected chi connectivity index (χ2v) is 4.54. The van der Waals surface area contributed by atoms with Gasteiger partial charge in [-0.1, -0.05) is 56.2 Å². The molecule has 0 N–H and O–H groups in total. The lowest BCUT2D eigenvalue weighted by Crippen LogP contribution is -1.88. The summed E-state index contributed by atoms with van der Waals surface area (Å²) in [6, 6.07) is 13.3. The number of aryl methyl sites for hydroxylation is 2. The Bertz CT molecular complexity index is 468. The minimum absolute atomic E-state index is 1.22. The zero-order valence-corrected chi connectivity index (χ0v) is 10.3. The molecule has 0 aliphatic rings. The highest BCUT2D eigenvalue weighted by Gasteiger charge is 2.01. The van der Waals surface area contributed by atoms with Crippen LogP contribution in [-0.2, 0) is 6.42 Å². The van der Waals surface area contributed by atoms with E-state index in [0.717, 1.165) is 0 Å². The number of hydrogen-bond donors (Lipinski definition) is 0. The summed E-state index contributed by atoms with van der Waals surface area (Å²) in [5.74, 6) is 0. The molecule has 0 fully saturated rings. The van der Waals surface area contributed by atoms with E-state index in [1.54, 1.807) is 0 Å². The van der Waals surface area contributed by atoms with Gasteiger partial charge in [0.15, 0.2) is 0 Å². The fourth-order valence-electron chi connectivity index (χ4n) is 2.32. The highest BCUT2D eigenvalue weighted by Crippen LogP contribution is 2.23. The molecule has 2 aromatic carbocycles. The van der Waals surface area contributed by atoms with Gasteiger partial charge >= 0.3 is 0 Å². The van der Waals surface area contributed by atoms with Gasteiger partial charge in [0, 0.05) is 0 Å². The molecule has 0 amide bonds. The minimum atomic E-state index is 1.22. The van der Waals surface area contributed by atoms with Crippen molar-refractivity contribution in [2.45, 2.75) is 39.5 Å². The van der Waals surface area contributed by atoms with Gasteiger partial charge in [0.2, 0.25) is 0 Å². The molecule has 2 aromatic rings. The normalized spacial score (nSPS) is 10.9. The van der Waals surface area contributed by atoms with E-state index in [1.165, 1.54) is 47.6 Å². The average molecular weight is 212 g/mol. The summed E-state index contributed by atoms with van der Waals surface area (Å²) < 4.78 is 0. The van der Waals surface area contributed by atoms with Gasteiger partial charge in [-0.3, -0.25) is 0 Å². The Hall–Kier alpha value is -1.30. The molecular weight excluding hydrogens is 192 g/mol. The highest BCUT2D eigenvalue weighted by molar-refractivity contribution is 5.88. The van der Waals surface area contributed by atoms with Crippen LogP contribution >= 0.6 is 0 Å². The first-order valence-electron chi connectivity index (χ1n) is 6.30. The van der Waals surface area contributed by atoms with E-state index in [4.69, 9.17) is 0 Å². The van der Waals surface area contributed by atoms with Crippen molar-refractivity contribution in [3.8, 4) is 0 Å². The molecule has 16 heavy (non-hydrogen) atoms. The van der Waals surface area contributed by atoms with Crippen molar-refractivity contribution in [3.63, 3.8) is 0 Å². The van der Waals surface area contributed by atoms with Crippen molar-refractivity contribution in [2.75, 3.05) is 0 Å². The van der Waals surface area contributed by atoms with E-state index in [2.05, 4.69) is 50.2 Å². The molecule has 0 aromatic heterocycles. The fourth-order valence-corrected chi connectivity index (χ4v) is 2.32. The Morgan fingerprint density at radius 1 is 0.875 bits per heavy atom. The van der Waals surface area contributed by atoms with Gasteiger partial charge in [-0.25, -0.2) is 0 Å². The lowest BCUT2D eigenvalue weighted by Gasteiger charge is -2.08. The van der Waals surface area contributed by atoms with E-state index in [9.17, 15) is 0 Å². The summed E-state index contributed by atoms with van der Waals surface area (Å²) >= 11 is 0. The predicted octanol–water partition coefficient (Wildman–Crippen LogP) is 4.88. The second kappa shape index (κ2) is 5.16. The maximum absolute atomic E-state index is 2.28. The summed E-state index contributed by atoms with van der Waals surface area (Å²) in [6.07, 6.45) is 5.16. The summed E-state index contributed by atoms with van der Waals surface area (Å²) in [4.78, 5) is 0. The van der Waals surface area contributed by atoms with Crippen molar-refractivity contribution in [2.24, 2.45) is 0 Å². The van der Waals surface area contributed by atoms with Crippen molar-refractivity contribution in [1.82, 2.24) is 0 Å². The number of rotatable bonds is 4. The zero-order valence-electron chi connectivity index (χ0n) is 10.3. The third kappa shape index (κ3) is 2.27. The van der Waals surface area contributed by atoms with E-state index in [0.29, 0.717) is 0 Å². The van der Waals surface area contributed by atoms with Crippen molar-refractivity contribution < 1.29 is 0 Å².